The van der Waals surface area contributed by atoms with Crippen molar-refractivity contribution in [1.82, 2.24) is 0 Å². The lowest BCUT2D eigenvalue weighted by atomic mass is 10.2. The van der Waals surface area contributed by atoms with Crippen LogP contribution < -0.4 is 10.5 Å². The number of nitrogen functional groups attached to an aromatic ring is 1. The summed E-state index contributed by atoms with van der Waals surface area (Å²) in [6, 6.07) is 7.55. The molecule has 0 aliphatic carbocycles. The molecule has 1 aromatic rings. The molecule has 0 fully saturated rings. The molecular weight excluding hydrogens is 186 g/mol. The van der Waals surface area contributed by atoms with Crippen molar-refractivity contribution in [2.45, 2.75) is 13.8 Å². The molecule has 1 rings (SSSR count). The Morgan fingerprint density at radius 2 is 1.92 bits per heavy atom. The average Bonchev–Trinajstić information content (AvgIpc) is 2.03. The zero-order valence-electron chi connectivity index (χ0n) is 7.99. The van der Waals surface area contributed by atoms with E-state index in [1.807, 2.05) is 24.3 Å². The Balaban J connectivity index is 0.00000144. The Bertz CT molecular complexity index is 250. The van der Waals surface area contributed by atoms with Crippen LogP contribution in [0, 0.1) is 5.92 Å². The number of anilines is 1. The number of hydrogen-bond acceptors (Lipinski definition) is 2. The van der Waals surface area contributed by atoms with Crippen LogP contribution in [0.4, 0.5) is 5.69 Å². The van der Waals surface area contributed by atoms with E-state index in [2.05, 4.69) is 13.8 Å². The minimum atomic E-state index is 0. The van der Waals surface area contributed by atoms with Gasteiger partial charge in [0.1, 0.15) is 5.75 Å². The molecule has 13 heavy (non-hydrogen) atoms. The lowest BCUT2D eigenvalue weighted by molar-refractivity contribution is 0.272. The first kappa shape index (κ1) is 12.1. The van der Waals surface area contributed by atoms with Gasteiger partial charge < -0.3 is 10.5 Å². The second-order valence-electron chi connectivity index (χ2n) is 3.24. The highest BCUT2D eigenvalue weighted by atomic mass is 35.5. The summed E-state index contributed by atoms with van der Waals surface area (Å²) in [5.41, 5.74) is 6.39. The van der Waals surface area contributed by atoms with E-state index in [4.69, 9.17) is 10.5 Å². The largest absolute Gasteiger partial charge is 0.491 e. The maximum absolute atomic E-state index is 5.68. The number of halogens is 1. The van der Waals surface area contributed by atoms with Crippen LogP contribution in [0.3, 0.4) is 0 Å². The summed E-state index contributed by atoms with van der Waals surface area (Å²) in [7, 11) is 0. The molecule has 0 aliphatic rings. The minimum absolute atomic E-state index is 0. The summed E-state index contributed by atoms with van der Waals surface area (Å²) in [4.78, 5) is 0. The molecule has 0 aromatic heterocycles. The molecule has 0 unspecified atom stereocenters. The number of para-hydroxylation sites is 2. The number of rotatable bonds is 3. The molecule has 2 N–H and O–H groups in total. The molecule has 2 nitrogen and oxygen atoms in total. The van der Waals surface area contributed by atoms with Crippen LogP contribution in [0.2, 0.25) is 0 Å². The number of ether oxygens (including phenoxy) is 1. The van der Waals surface area contributed by atoms with E-state index in [-0.39, 0.29) is 12.4 Å². The Kier molecular flexibility index (Phi) is 5.31. The van der Waals surface area contributed by atoms with Crippen molar-refractivity contribution in [3.8, 4) is 5.75 Å². The summed E-state index contributed by atoms with van der Waals surface area (Å²) in [6.07, 6.45) is 0. The van der Waals surface area contributed by atoms with E-state index in [1.54, 1.807) is 0 Å². The molecule has 0 radical (unpaired) electrons. The van der Waals surface area contributed by atoms with Gasteiger partial charge >= 0.3 is 0 Å². The molecule has 0 aliphatic heterocycles. The van der Waals surface area contributed by atoms with E-state index < -0.39 is 0 Å². The Morgan fingerprint density at radius 1 is 1.31 bits per heavy atom. The molecule has 0 spiro atoms. The van der Waals surface area contributed by atoms with Crippen LogP contribution in [0.25, 0.3) is 0 Å². The zero-order valence-corrected chi connectivity index (χ0v) is 8.80. The molecular formula is C10H16ClNO. The van der Waals surface area contributed by atoms with E-state index in [1.165, 1.54) is 0 Å². The number of benzene rings is 1. The summed E-state index contributed by atoms with van der Waals surface area (Å²) < 4.78 is 5.47. The Labute approximate surface area is 85.5 Å². The second kappa shape index (κ2) is 5.70. The van der Waals surface area contributed by atoms with Crippen LogP contribution in [-0.2, 0) is 0 Å². The van der Waals surface area contributed by atoms with Gasteiger partial charge in [-0.1, -0.05) is 26.0 Å². The van der Waals surface area contributed by atoms with Crippen molar-refractivity contribution >= 4 is 18.1 Å². The molecule has 0 saturated heterocycles. The smallest absolute Gasteiger partial charge is 0.142 e. The van der Waals surface area contributed by atoms with Gasteiger partial charge in [0.25, 0.3) is 0 Å². The maximum atomic E-state index is 5.68. The predicted octanol–water partition coefficient (Wildman–Crippen LogP) is 2.73. The van der Waals surface area contributed by atoms with Crippen molar-refractivity contribution in [1.29, 1.82) is 0 Å². The van der Waals surface area contributed by atoms with Gasteiger partial charge in [0, 0.05) is 0 Å². The summed E-state index contributed by atoms with van der Waals surface area (Å²) >= 11 is 0. The molecule has 74 valence electrons. The first-order chi connectivity index (χ1) is 5.70. The first-order valence-corrected chi connectivity index (χ1v) is 4.17. The Hall–Kier alpha value is -0.890. The van der Waals surface area contributed by atoms with Crippen LogP contribution >= 0.6 is 12.4 Å². The van der Waals surface area contributed by atoms with Crippen LogP contribution in [0.1, 0.15) is 13.8 Å². The molecule has 0 bridgehead atoms. The van der Waals surface area contributed by atoms with E-state index in [0.29, 0.717) is 18.2 Å². The third-order valence-corrected chi connectivity index (χ3v) is 1.49. The number of hydrogen-bond donors (Lipinski definition) is 1. The maximum Gasteiger partial charge on any atom is 0.142 e. The van der Waals surface area contributed by atoms with E-state index >= 15 is 0 Å². The van der Waals surface area contributed by atoms with Gasteiger partial charge in [-0.25, -0.2) is 0 Å². The van der Waals surface area contributed by atoms with Gasteiger partial charge in [0.2, 0.25) is 0 Å². The second-order valence-corrected chi connectivity index (χ2v) is 3.24. The van der Waals surface area contributed by atoms with Crippen LogP contribution in [-0.4, -0.2) is 6.61 Å². The average molecular weight is 202 g/mol. The summed E-state index contributed by atoms with van der Waals surface area (Å²) in [5.74, 6) is 1.32. The van der Waals surface area contributed by atoms with Crippen molar-refractivity contribution < 1.29 is 4.74 Å². The molecule has 0 heterocycles. The van der Waals surface area contributed by atoms with Crippen LogP contribution in [0.15, 0.2) is 24.3 Å². The highest BCUT2D eigenvalue weighted by Crippen LogP contribution is 2.20. The quantitative estimate of drug-likeness (QED) is 0.764. The van der Waals surface area contributed by atoms with Gasteiger partial charge in [0.05, 0.1) is 12.3 Å². The topological polar surface area (TPSA) is 35.2 Å². The van der Waals surface area contributed by atoms with E-state index in [9.17, 15) is 0 Å². The van der Waals surface area contributed by atoms with Crippen molar-refractivity contribution in [2.24, 2.45) is 5.92 Å². The predicted molar refractivity (Wildman–Crippen MR) is 58.4 cm³/mol. The summed E-state index contributed by atoms with van der Waals surface area (Å²) in [6.45, 7) is 4.94. The molecule has 0 amide bonds. The molecule has 0 atom stereocenters. The highest BCUT2D eigenvalue weighted by Gasteiger charge is 1.99. The summed E-state index contributed by atoms with van der Waals surface area (Å²) in [5, 5.41) is 0. The van der Waals surface area contributed by atoms with Gasteiger partial charge in [-0.05, 0) is 18.1 Å². The van der Waals surface area contributed by atoms with Crippen molar-refractivity contribution in [3.05, 3.63) is 24.3 Å². The molecule has 3 heteroatoms. The third-order valence-electron chi connectivity index (χ3n) is 1.49. The lowest BCUT2D eigenvalue weighted by Gasteiger charge is -2.09. The van der Waals surface area contributed by atoms with E-state index in [0.717, 1.165) is 5.75 Å². The van der Waals surface area contributed by atoms with Gasteiger partial charge in [-0.2, -0.15) is 0 Å². The Morgan fingerprint density at radius 3 is 2.46 bits per heavy atom. The fourth-order valence-corrected chi connectivity index (χ4v) is 0.868. The fourth-order valence-electron chi connectivity index (χ4n) is 0.868. The number of nitrogens with two attached hydrogens (primary N) is 1. The van der Waals surface area contributed by atoms with Crippen molar-refractivity contribution in [2.75, 3.05) is 12.3 Å². The third kappa shape index (κ3) is 4.04. The van der Waals surface area contributed by atoms with Crippen molar-refractivity contribution in [3.63, 3.8) is 0 Å². The zero-order chi connectivity index (χ0) is 8.97. The van der Waals surface area contributed by atoms with Gasteiger partial charge in [-0.15, -0.1) is 12.4 Å². The SMILES string of the molecule is CC(C)COc1ccccc1N.Cl. The first-order valence-electron chi connectivity index (χ1n) is 4.17. The van der Waals surface area contributed by atoms with Crippen LogP contribution in [0.5, 0.6) is 5.75 Å². The molecule has 1 aromatic carbocycles. The highest BCUT2D eigenvalue weighted by molar-refractivity contribution is 5.85. The monoisotopic (exact) mass is 201 g/mol. The minimum Gasteiger partial charge on any atom is -0.491 e. The lowest BCUT2D eigenvalue weighted by Crippen LogP contribution is -2.05. The standard InChI is InChI=1S/C10H15NO.ClH/c1-8(2)7-12-10-6-4-3-5-9(10)11;/h3-6,8H,7,11H2,1-2H3;1H. The fraction of sp³-hybridized carbons (Fsp3) is 0.400. The van der Waals surface area contributed by atoms with Gasteiger partial charge in [-0.3, -0.25) is 0 Å². The normalized spacial score (nSPS) is 9.46. The molecule has 0 saturated carbocycles. The van der Waals surface area contributed by atoms with Gasteiger partial charge in [0.15, 0.2) is 0 Å².